The number of ketones is 1. The molecule has 0 amide bonds. The molecule has 0 aliphatic heterocycles. The average molecular weight is 306 g/mol. The van der Waals surface area contributed by atoms with Gasteiger partial charge in [0.2, 0.25) is 0 Å². The van der Waals surface area contributed by atoms with E-state index in [0.717, 1.165) is 32.1 Å². The summed E-state index contributed by atoms with van der Waals surface area (Å²) in [5.74, 6) is 2.11. The van der Waals surface area contributed by atoms with Crippen LogP contribution in [0, 0.1) is 34.5 Å². The van der Waals surface area contributed by atoms with Crippen LogP contribution in [-0.2, 0) is 4.79 Å². The Morgan fingerprint density at radius 1 is 1.09 bits per heavy atom. The van der Waals surface area contributed by atoms with Crippen LogP contribution >= 0.6 is 0 Å². The summed E-state index contributed by atoms with van der Waals surface area (Å²) in [5, 5.41) is 21.1. The van der Waals surface area contributed by atoms with Crippen molar-refractivity contribution in [3.8, 4) is 0 Å². The Morgan fingerprint density at radius 3 is 2.64 bits per heavy atom. The molecule has 0 aromatic carbocycles. The zero-order chi connectivity index (χ0) is 15.7. The lowest BCUT2D eigenvalue weighted by Crippen LogP contribution is -2.57. The van der Waals surface area contributed by atoms with Crippen molar-refractivity contribution in [3.63, 3.8) is 0 Å². The summed E-state index contributed by atoms with van der Waals surface area (Å²) >= 11 is 0. The van der Waals surface area contributed by atoms with Gasteiger partial charge >= 0.3 is 0 Å². The zero-order valence-corrected chi connectivity index (χ0v) is 13.9. The molecule has 4 saturated carbocycles. The topological polar surface area (TPSA) is 57.5 Å². The molecular formula is C19H30O3. The predicted molar refractivity (Wildman–Crippen MR) is 84.1 cm³/mol. The van der Waals surface area contributed by atoms with Gasteiger partial charge in [0, 0.05) is 12.8 Å². The number of fused-ring (bicyclic) bond motifs is 5. The van der Waals surface area contributed by atoms with Gasteiger partial charge in [-0.2, -0.15) is 0 Å². The summed E-state index contributed by atoms with van der Waals surface area (Å²) in [5.41, 5.74) is 0.446. The quantitative estimate of drug-likeness (QED) is 0.723. The fourth-order valence-corrected chi connectivity index (χ4v) is 7.04. The van der Waals surface area contributed by atoms with Crippen molar-refractivity contribution < 1.29 is 15.0 Å². The van der Waals surface area contributed by atoms with Gasteiger partial charge in [-0.05, 0) is 73.0 Å². The van der Waals surface area contributed by atoms with E-state index < -0.39 is 0 Å². The monoisotopic (exact) mass is 306 g/mol. The normalized spacial score (nSPS) is 57.9. The molecule has 3 heteroatoms. The van der Waals surface area contributed by atoms with Gasteiger partial charge < -0.3 is 10.2 Å². The van der Waals surface area contributed by atoms with Crippen LogP contribution in [0.2, 0.25) is 0 Å². The zero-order valence-electron chi connectivity index (χ0n) is 13.9. The fourth-order valence-electron chi connectivity index (χ4n) is 7.04. The van der Waals surface area contributed by atoms with Crippen LogP contribution < -0.4 is 0 Å². The van der Waals surface area contributed by atoms with Gasteiger partial charge in [-0.25, -0.2) is 0 Å². The minimum absolute atomic E-state index is 0.181. The first-order valence-electron chi connectivity index (χ1n) is 9.21. The molecule has 0 spiro atoms. The highest BCUT2D eigenvalue weighted by atomic mass is 16.3. The van der Waals surface area contributed by atoms with Crippen LogP contribution in [0.15, 0.2) is 0 Å². The maximum absolute atomic E-state index is 11.9. The van der Waals surface area contributed by atoms with E-state index in [1.165, 1.54) is 12.8 Å². The third kappa shape index (κ3) is 1.97. The molecule has 0 bridgehead atoms. The number of carbonyl (C=O) groups excluding carboxylic acids is 1. The highest BCUT2D eigenvalue weighted by molar-refractivity contribution is 5.79. The molecule has 22 heavy (non-hydrogen) atoms. The van der Waals surface area contributed by atoms with Crippen LogP contribution in [-0.4, -0.2) is 28.2 Å². The summed E-state index contributed by atoms with van der Waals surface area (Å²) in [6, 6.07) is 0. The summed E-state index contributed by atoms with van der Waals surface area (Å²) < 4.78 is 0. The van der Waals surface area contributed by atoms with Crippen molar-refractivity contribution in [2.75, 3.05) is 0 Å². The third-order valence-electron chi connectivity index (χ3n) is 8.25. The number of hydrogen-bond acceptors (Lipinski definition) is 3. The Bertz CT molecular complexity index is 489. The third-order valence-corrected chi connectivity index (χ3v) is 8.25. The average Bonchev–Trinajstić information content (AvgIpc) is 2.75. The van der Waals surface area contributed by atoms with Crippen LogP contribution in [0.5, 0.6) is 0 Å². The van der Waals surface area contributed by atoms with Gasteiger partial charge in [0.1, 0.15) is 5.78 Å². The second-order valence-corrected chi connectivity index (χ2v) is 9.33. The minimum atomic E-state index is -0.274. The van der Waals surface area contributed by atoms with Crippen LogP contribution in [0.4, 0.5) is 0 Å². The number of carbonyl (C=O) groups is 1. The molecule has 0 saturated heterocycles. The van der Waals surface area contributed by atoms with Gasteiger partial charge in [-0.1, -0.05) is 13.8 Å². The molecule has 8 atom stereocenters. The van der Waals surface area contributed by atoms with Crippen molar-refractivity contribution in [2.24, 2.45) is 34.5 Å². The first kappa shape index (κ1) is 15.1. The Balaban J connectivity index is 1.68. The van der Waals surface area contributed by atoms with Crippen LogP contribution in [0.25, 0.3) is 0 Å². The van der Waals surface area contributed by atoms with E-state index in [-0.39, 0.29) is 23.0 Å². The van der Waals surface area contributed by atoms with E-state index in [1.807, 2.05) is 0 Å². The number of aliphatic hydroxyl groups excluding tert-OH is 2. The molecule has 4 aliphatic carbocycles. The van der Waals surface area contributed by atoms with Crippen molar-refractivity contribution in [1.82, 2.24) is 0 Å². The van der Waals surface area contributed by atoms with Gasteiger partial charge in [-0.3, -0.25) is 4.79 Å². The van der Waals surface area contributed by atoms with Crippen molar-refractivity contribution in [1.29, 1.82) is 0 Å². The maximum atomic E-state index is 11.9. The number of rotatable bonds is 0. The molecule has 124 valence electrons. The standard InChI is InChI=1S/C19H30O3/c1-18-5-4-14-17(15(18)9-13(21)10-18)16(22)8-11-7-12(20)3-6-19(11,14)2/h11,13-17,21-22H,3-10H2,1-2H3. The lowest BCUT2D eigenvalue weighted by molar-refractivity contribution is -0.163. The summed E-state index contributed by atoms with van der Waals surface area (Å²) in [4.78, 5) is 11.9. The first-order valence-corrected chi connectivity index (χ1v) is 9.21. The predicted octanol–water partition coefficient (Wildman–Crippen LogP) is 2.93. The molecule has 0 heterocycles. The molecule has 4 aliphatic rings. The Kier molecular flexibility index (Phi) is 3.30. The van der Waals surface area contributed by atoms with Crippen molar-refractivity contribution in [2.45, 2.75) is 77.4 Å². The number of aliphatic hydroxyl groups is 2. The molecule has 0 radical (unpaired) electrons. The largest absolute Gasteiger partial charge is 0.393 e. The van der Waals surface area contributed by atoms with Gasteiger partial charge in [-0.15, -0.1) is 0 Å². The molecule has 3 nitrogen and oxygen atoms in total. The second kappa shape index (κ2) is 4.80. The molecule has 4 fully saturated rings. The molecule has 8 unspecified atom stereocenters. The molecule has 4 rings (SSSR count). The minimum Gasteiger partial charge on any atom is -0.393 e. The van der Waals surface area contributed by atoms with Gasteiger partial charge in [0.15, 0.2) is 0 Å². The van der Waals surface area contributed by atoms with Crippen LogP contribution in [0.3, 0.4) is 0 Å². The molecule has 0 aromatic rings. The van der Waals surface area contributed by atoms with E-state index >= 15 is 0 Å². The highest BCUT2D eigenvalue weighted by Crippen LogP contribution is 2.65. The maximum Gasteiger partial charge on any atom is 0.133 e. The lowest BCUT2D eigenvalue weighted by Gasteiger charge is -2.61. The first-order chi connectivity index (χ1) is 10.3. The van der Waals surface area contributed by atoms with Gasteiger partial charge in [0.05, 0.1) is 12.2 Å². The van der Waals surface area contributed by atoms with Crippen molar-refractivity contribution in [3.05, 3.63) is 0 Å². The summed E-state index contributed by atoms with van der Waals surface area (Å²) in [6.45, 7) is 4.72. The highest BCUT2D eigenvalue weighted by Gasteiger charge is 2.61. The Labute approximate surface area is 133 Å². The second-order valence-electron chi connectivity index (χ2n) is 9.33. The van der Waals surface area contributed by atoms with E-state index in [9.17, 15) is 15.0 Å². The fraction of sp³-hybridized carbons (Fsp3) is 0.947. The molecule has 2 N–H and O–H groups in total. The van der Waals surface area contributed by atoms with Crippen molar-refractivity contribution >= 4 is 5.78 Å². The molecule has 0 aromatic heterocycles. The van der Waals surface area contributed by atoms with E-state index in [2.05, 4.69) is 13.8 Å². The Hall–Kier alpha value is -0.410. The summed E-state index contributed by atoms with van der Waals surface area (Å²) in [7, 11) is 0. The SMILES string of the molecule is CC12CCC3C(C(O)CC4CC(=O)CCC43C)C1CC(O)C2. The lowest BCUT2D eigenvalue weighted by atomic mass is 9.44. The number of hydrogen-bond donors (Lipinski definition) is 2. The summed E-state index contributed by atoms with van der Waals surface area (Å²) in [6.07, 6.45) is 6.89. The van der Waals surface area contributed by atoms with Crippen LogP contribution in [0.1, 0.15) is 65.2 Å². The van der Waals surface area contributed by atoms with E-state index in [0.29, 0.717) is 35.9 Å². The Morgan fingerprint density at radius 2 is 1.86 bits per heavy atom. The van der Waals surface area contributed by atoms with Gasteiger partial charge in [0.25, 0.3) is 0 Å². The van der Waals surface area contributed by atoms with E-state index in [1.54, 1.807) is 0 Å². The number of Topliss-reactive ketones (excluding diaryl/α,β-unsaturated/α-hetero) is 1. The van der Waals surface area contributed by atoms with E-state index in [4.69, 9.17) is 0 Å². The smallest absolute Gasteiger partial charge is 0.133 e. The molecular weight excluding hydrogens is 276 g/mol.